The van der Waals surface area contributed by atoms with E-state index >= 15 is 0 Å². The lowest BCUT2D eigenvalue weighted by Crippen LogP contribution is -2.34. The largest absolute Gasteiger partial charge is 0.458 e. The van der Waals surface area contributed by atoms with Crippen molar-refractivity contribution in [1.29, 1.82) is 0 Å². The summed E-state index contributed by atoms with van der Waals surface area (Å²) in [5, 5.41) is 13.9. The van der Waals surface area contributed by atoms with Gasteiger partial charge < -0.3 is 15.2 Å². The lowest BCUT2D eigenvalue weighted by atomic mass is 9.94. The van der Waals surface area contributed by atoms with E-state index in [2.05, 4.69) is 5.32 Å². The molecule has 0 aromatic heterocycles. The minimum Gasteiger partial charge on any atom is -0.456 e. The highest BCUT2D eigenvalue weighted by Crippen LogP contribution is 2.44. The van der Waals surface area contributed by atoms with Crippen molar-refractivity contribution in [3.63, 3.8) is 0 Å². The van der Waals surface area contributed by atoms with E-state index in [0.29, 0.717) is 17.7 Å². The van der Waals surface area contributed by atoms with E-state index in [1.54, 1.807) is 30.3 Å². The van der Waals surface area contributed by atoms with Crippen LogP contribution >= 0.6 is 23.2 Å². The van der Waals surface area contributed by atoms with Crippen molar-refractivity contribution in [2.75, 3.05) is 6.54 Å². The van der Waals surface area contributed by atoms with Crippen LogP contribution in [0.25, 0.3) is 0 Å². The van der Waals surface area contributed by atoms with Crippen LogP contribution < -0.4 is 10.1 Å². The third-order valence-corrected chi connectivity index (χ3v) is 7.21. The van der Waals surface area contributed by atoms with Gasteiger partial charge in [-0.05, 0) is 59.2 Å². The Balaban J connectivity index is 1.68. The van der Waals surface area contributed by atoms with Crippen molar-refractivity contribution in [2.24, 2.45) is 0 Å². The van der Waals surface area contributed by atoms with Crippen LogP contribution in [0, 0.1) is 0 Å². The van der Waals surface area contributed by atoms with E-state index in [0.717, 1.165) is 30.3 Å². The number of alkyl halides is 8. The zero-order chi connectivity index (χ0) is 31.6. The van der Waals surface area contributed by atoms with Gasteiger partial charge in [0.2, 0.25) is 0 Å². The van der Waals surface area contributed by atoms with Gasteiger partial charge in [-0.2, -0.15) is 35.1 Å². The van der Waals surface area contributed by atoms with E-state index in [-0.39, 0.29) is 39.2 Å². The summed E-state index contributed by atoms with van der Waals surface area (Å²) in [5.74, 6) is -4.74. The molecule has 4 aromatic carbocycles. The van der Waals surface area contributed by atoms with Crippen LogP contribution in [0.5, 0.6) is 11.5 Å². The fourth-order valence-electron chi connectivity index (χ4n) is 4.19. The second-order valence-corrected chi connectivity index (χ2v) is 10.2. The van der Waals surface area contributed by atoms with Gasteiger partial charge in [-0.25, -0.2) is 0 Å². The Labute approximate surface area is 250 Å². The maximum Gasteiger partial charge on any atom is 0.458 e. The Hall–Kier alpha value is -3.38. The smallest absolute Gasteiger partial charge is 0.456 e. The SMILES string of the molecule is OC(CNC(c1cccc(Oc2cccc(Cl)c2Cl)c1)c1cccc(C(F)(F)C(F)(F)F)c1)c1ccc(C(F)(F)F)cc1. The van der Waals surface area contributed by atoms with Gasteiger partial charge in [0.1, 0.15) is 16.5 Å². The molecule has 0 radical (unpaired) electrons. The lowest BCUT2D eigenvalue weighted by molar-refractivity contribution is -0.289. The number of hydrogen-bond donors (Lipinski definition) is 2. The van der Waals surface area contributed by atoms with Crippen LogP contribution in [0.3, 0.4) is 0 Å². The molecule has 2 unspecified atom stereocenters. The van der Waals surface area contributed by atoms with Crippen LogP contribution in [0.4, 0.5) is 35.1 Å². The van der Waals surface area contributed by atoms with Crippen LogP contribution in [0.2, 0.25) is 10.0 Å². The van der Waals surface area contributed by atoms with Gasteiger partial charge in [-0.15, -0.1) is 0 Å². The molecule has 0 bridgehead atoms. The van der Waals surface area contributed by atoms with Gasteiger partial charge in [0, 0.05) is 12.1 Å². The monoisotopic (exact) mass is 649 g/mol. The van der Waals surface area contributed by atoms with Crippen molar-refractivity contribution >= 4 is 23.2 Å². The molecule has 2 atom stereocenters. The molecule has 0 aliphatic carbocycles. The van der Waals surface area contributed by atoms with E-state index < -0.39 is 41.5 Å². The number of benzene rings is 4. The summed E-state index contributed by atoms with van der Waals surface area (Å²) >= 11 is 12.2. The maximum absolute atomic E-state index is 14.2. The van der Waals surface area contributed by atoms with Crippen molar-refractivity contribution in [2.45, 2.75) is 30.4 Å². The Kier molecular flexibility index (Phi) is 9.60. The van der Waals surface area contributed by atoms with Crippen molar-refractivity contribution in [1.82, 2.24) is 5.32 Å². The number of ether oxygens (including phenoxy) is 1. The first-order valence-electron chi connectivity index (χ1n) is 12.4. The molecule has 13 heteroatoms. The van der Waals surface area contributed by atoms with Crippen molar-refractivity contribution < 1.29 is 45.0 Å². The Morgan fingerprint density at radius 2 is 1.30 bits per heavy atom. The topological polar surface area (TPSA) is 41.5 Å². The molecular formula is C30H21Cl2F8NO2. The van der Waals surface area contributed by atoms with E-state index in [4.69, 9.17) is 27.9 Å². The van der Waals surface area contributed by atoms with Crippen LogP contribution in [0.1, 0.15) is 40.0 Å². The molecule has 4 rings (SSSR count). The number of aliphatic hydroxyl groups excluding tert-OH is 1. The number of aliphatic hydroxyl groups is 1. The zero-order valence-electron chi connectivity index (χ0n) is 21.7. The van der Waals surface area contributed by atoms with E-state index in [1.807, 2.05) is 0 Å². The van der Waals surface area contributed by atoms with Gasteiger partial charge >= 0.3 is 18.3 Å². The predicted molar refractivity (Wildman–Crippen MR) is 146 cm³/mol. The molecule has 0 spiro atoms. The summed E-state index contributed by atoms with van der Waals surface area (Å²) in [7, 11) is 0. The van der Waals surface area contributed by atoms with Gasteiger partial charge in [0.15, 0.2) is 0 Å². The van der Waals surface area contributed by atoms with E-state index in [9.17, 15) is 40.2 Å². The first-order chi connectivity index (χ1) is 20.1. The van der Waals surface area contributed by atoms with Crippen LogP contribution in [0.15, 0.2) is 91.0 Å². The van der Waals surface area contributed by atoms with Crippen LogP contribution in [-0.4, -0.2) is 17.8 Å². The molecule has 0 aliphatic heterocycles. The highest BCUT2D eigenvalue weighted by Gasteiger charge is 2.58. The number of hydrogen-bond acceptors (Lipinski definition) is 3. The maximum atomic E-state index is 14.2. The second kappa shape index (κ2) is 12.7. The number of nitrogens with one attached hydrogen (secondary N) is 1. The highest BCUT2D eigenvalue weighted by molar-refractivity contribution is 6.42. The Morgan fingerprint density at radius 3 is 1.93 bits per heavy atom. The molecule has 0 saturated carbocycles. The highest BCUT2D eigenvalue weighted by atomic mass is 35.5. The van der Waals surface area contributed by atoms with Gasteiger partial charge in [-0.1, -0.05) is 71.7 Å². The van der Waals surface area contributed by atoms with Gasteiger partial charge in [-0.3, -0.25) is 0 Å². The molecule has 0 amide bonds. The Bertz CT molecular complexity index is 1560. The lowest BCUT2D eigenvalue weighted by Gasteiger charge is -2.25. The molecule has 43 heavy (non-hydrogen) atoms. The van der Waals surface area contributed by atoms with Crippen LogP contribution in [-0.2, 0) is 12.1 Å². The first kappa shape index (κ1) is 32.5. The van der Waals surface area contributed by atoms with Gasteiger partial charge in [0.25, 0.3) is 0 Å². The molecule has 0 aliphatic rings. The van der Waals surface area contributed by atoms with Gasteiger partial charge in [0.05, 0.1) is 22.7 Å². The molecule has 228 valence electrons. The first-order valence-corrected chi connectivity index (χ1v) is 13.2. The summed E-state index contributed by atoms with van der Waals surface area (Å²) in [6, 6.07) is 17.1. The normalized spacial score (nSPS) is 13.9. The predicted octanol–water partition coefficient (Wildman–Crippen LogP) is 9.87. The third-order valence-electron chi connectivity index (χ3n) is 6.41. The average Bonchev–Trinajstić information content (AvgIpc) is 2.95. The standard InChI is InChI=1S/C30H21Cl2F8NO2/c31-23-8-3-9-25(26(23)32)43-22-7-2-5-19(15-22)27(18-4-1-6-21(14-18)28(33,34)30(38,39)40)41-16-24(42)17-10-12-20(13-11-17)29(35,36)37/h1-15,24,27,41-42H,16H2. The number of rotatable bonds is 9. The molecule has 0 saturated heterocycles. The van der Waals surface area contributed by atoms with Crippen molar-refractivity contribution in [3.05, 3.63) is 129 Å². The second-order valence-electron chi connectivity index (χ2n) is 9.40. The third kappa shape index (κ3) is 7.59. The molecule has 0 heterocycles. The summed E-state index contributed by atoms with van der Waals surface area (Å²) in [5.41, 5.74) is -1.79. The Morgan fingerprint density at radius 1 is 0.698 bits per heavy atom. The fraction of sp³-hybridized carbons (Fsp3) is 0.200. The van der Waals surface area contributed by atoms with Crippen molar-refractivity contribution in [3.8, 4) is 11.5 Å². The zero-order valence-corrected chi connectivity index (χ0v) is 23.2. The average molecular weight is 650 g/mol. The summed E-state index contributed by atoms with van der Waals surface area (Å²) in [6.07, 6.45) is -11.8. The fourth-order valence-corrected chi connectivity index (χ4v) is 4.52. The minimum absolute atomic E-state index is 0.0148. The molecule has 4 aromatic rings. The minimum atomic E-state index is -5.85. The molecule has 3 nitrogen and oxygen atoms in total. The molecule has 0 fully saturated rings. The molecular weight excluding hydrogens is 629 g/mol. The quantitative estimate of drug-likeness (QED) is 0.177. The van der Waals surface area contributed by atoms with E-state index in [1.165, 1.54) is 18.2 Å². The summed E-state index contributed by atoms with van der Waals surface area (Å²) < 4.78 is 112. The molecule has 2 N–H and O–H groups in total. The summed E-state index contributed by atoms with van der Waals surface area (Å²) in [4.78, 5) is 0. The number of halogens is 10. The summed E-state index contributed by atoms with van der Waals surface area (Å²) in [6.45, 7) is -0.318.